The Hall–Kier alpha value is -3.25. The zero-order chi connectivity index (χ0) is 19.7. The highest BCUT2D eigenvalue weighted by atomic mass is 35.5. The summed E-state index contributed by atoms with van der Waals surface area (Å²) in [6, 6.07) is 13.3. The van der Waals surface area contributed by atoms with Crippen molar-refractivity contribution in [2.24, 2.45) is 0 Å². The van der Waals surface area contributed by atoms with Crippen LogP contribution in [0.2, 0.25) is 5.02 Å². The van der Waals surface area contributed by atoms with E-state index in [4.69, 9.17) is 16.3 Å². The number of hydrogen-bond acceptors (Lipinski definition) is 4. The van der Waals surface area contributed by atoms with Crippen LogP contribution < -0.4 is 10.9 Å². The normalized spacial score (nSPS) is 11.1. The van der Waals surface area contributed by atoms with Crippen molar-refractivity contribution in [1.29, 1.82) is 0 Å². The fourth-order valence-electron chi connectivity index (χ4n) is 3.42. The highest BCUT2D eigenvalue weighted by molar-refractivity contribution is 6.35. The second kappa shape index (κ2) is 7.40. The molecule has 0 radical (unpaired) electrons. The quantitative estimate of drug-likeness (QED) is 0.444. The molecular weight excluding hydrogens is 378 g/mol. The topological polar surface area (TPSA) is 87.0 Å². The summed E-state index contributed by atoms with van der Waals surface area (Å²) in [7, 11) is 1.25. The highest BCUT2D eigenvalue weighted by Gasteiger charge is 2.21. The largest absolute Gasteiger partial charge is 0.465 e. The fraction of sp³-hybridized carbons (Fsp3) is 0.143. The lowest BCUT2D eigenvalue weighted by molar-refractivity contribution is 0.0600. The molecule has 0 bridgehead atoms. The Labute approximate surface area is 165 Å². The van der Waals surface area contributed by atoms with Crippen molar-refractivity contribution in [3.8, 4) is 0 Å². The Bertz CT molecular complexity index is 1240. The predicted molar refractivity (Wildman–Crippen MR) is 111 cm³/mol. The number of methoxy groups -OCH3 is 1. The number of ether oxygens (including phenoxy) is 1. The van der Waals surface area contributed by atoms with Crippen LogP contribution in [0, 0.1) is 0 Å². The molecule has 6 nitrogen and oxygen atoms in total. The van der Waals surface area contributed by atoms with E-state index in [1.807, 2.05) is 24.4 Å². The second-order valence-corrected chi connectivity index (χ2v) is 6.80. The van der Waals surface area contributed by atoms with Crippen molar-refractivity contribution < 1.29 is 9.53 Å². The molecule has 0 saturated heterocycles. The SMILES string of the molecule is COC(=O)c1c(NCCc2c[nH]c3ccccc23)c2cccc(Cl)c2[nH]c1=O. The van der Waals surface area contributed by atoms with Gasteiger partial charge in [0.2, 0.25) is 0 Å². The first-order valence-corrected chi connectivity index (χ1v) is 9.19. The van der Waals surface area contributed by atoms with Gasteiger partial charge in [-0.25, -0.2) is 4.79 Å². The maximum Gasteiger partial charge on any atom is 0.345 e. The first-order chi connectivity index (χ1) is 13.6. The van der Waals surface area contributed by atoms with Crippen LogP contribution in [0.1, 0.15) is 15.9 Å². The Kier molecular flexibility index (Phi) is 4.79. The first kappa shape index (κ1) is 18.1. The van der Waals surface area contributed by atoms with Gasteiger partial charge in [0.05, 0.1) is 23.3 Å². The number of aromatic nitrogens is 2. The van der Waals surface area contributed by atoms with E-state index in [0.29, 0.717) is 34.6 Å². The molecule has 0 fully saturated rings. The molecule has 2 aromatic heterocycles. The standard InChI is InChI=1S/C21H18ClN3O3/c1-28-21(27)17-19(14-6-4-7-15(22)18(14)25-20(17)26)23-10-9-12-11-24-16-8-3-2-5-13(12)16/h2-8,11,24H,9-10H2,1H3,(H2,23,25,26). The number of pyridine rings is 1. The van der Waals surface area contributed by atoms with Crippen molar-refractivity contribution >= 4 is 45.1 Å². The Morgan fingerprint density at radius 1 is 1.14 bits per heavy atom. The van der Waals surface area contributed by atoms with Gasteiger partial charge in [-0.05, 0) is 24.1 Å². The molecule has 2 heterocycles. The molecular formula is C21H18ClN3O3. The lowest BCUT2D eigenvalue weighted by Gasteiger charge is -2.14. The lowest BCUT2D eigenvalue weighted by atomic mass is 10.1. The van der Waals surface area contributed by atoms with Crippen LogP contribution in [-0.4, -0.2) is 29.6 Å². The summed E-state index contributed by atoms with van der Waals surface area (Å²) in [5, 5.41) is 5.47. The van der Waals surface area contributed by atoms with E-state index in [1.54, 1.807) is 18.2 Å². The van der Waals surface area contributed by atoms with Gasteiger partial charge in [-0.2, -0.15) is 0 Å². The fourth-order valence-corrected chi connectivity index (χ4v) is 3.65. The number of esters is 1. The Morgan fingerprint density at radius 2 is 1.93 bits per heavy atom. The summed E-state index contributed by atoms with van der Waals surface area (Å²) in [6.45, 7) is 0.525. The maximum absolute atomic E-state index is 12.5. The molecule has 0 unspecified atom stereocenters. The minimum absolute atomic E-state index is 0.0591. The highest BCUT2D eigenvalue weighted by Crippen LogP contribution is 2.29. The van der Waals surface area contributed by atoms with E-state index >= 15 is 0 Å². The maximum atomic E-state index is 12.5. The van der Waals surface area contributed by atoms with E-state index in [2.05, 4.69) is 21.4 Å². The van der Waals surface area contributed by atoms with Crippen molar-refractivity contribution in [1.82, 2.24) is 9.97 Å². The molecule has 0 saturated carbocycles. The van der Waals surface area contributed by atoms with Crippen molar-refractivity contribution in [3.63, 3.8) is 0 Å². The third kappa shape index (κ3) is 3.12. The minimum atomic E-state index is -0.697. The van der Waals surface area contributed by atoms with Gasteiger partial charge < -0.3 is 20.0 Å². The van der Waals surface area contributed by atoms with Crippen LogP contribution in [0.3, 0.4) is 0 Å². The number of benzene rings is 2. The van der Waals surface area contributed by atoms with E-state index in [0.717, 1.165) is 16.5 Å². The molecule has 0 aliphatic rings. The number of hydrogen-bond donors (Lipinski definition) is 3. The number of anilines is 1. The number of carbonyl (C=O) groups is 1. The zero-order valence-corrected chi connectivity index (χ0v) is 15.9. The first-order valence-electron chi connectivity index (χ1n) is 8.82. The van der Waals surface area contributed by atoms with Crippen LogP contribution >= 0.6 is 11.6 Å². The molecule has 28 heavy (non-hydrogen) atoms. The molecule has 0 amide bonds. The molecule has 142 valence electrons. The molecule has 2 aromatic carbocycles. The van der Waals surface area contributed by atoms with Gasteiger partial charge in [0.15, 0.2) is 0 Å². The molecule has 4 rings (SSSR count). The Balaban J connectivity index is 1.71. The van der Waals surface area contributed by atoms with Crippen molar-refractivity contribution in [2.45, 2.75) is 6.42 Å². The van der Waals surface area contributed by atoms with Crippen molar-refractivity contribution in [3.05, 3.63) is 75.2 Å². The second-order valence-electron chi connectivity index (χ2n) is 6.39. The number of aromatic amines is 2. The monoisotopic (exact) mass is 395 g/mol. The molecule has 7 heteroatoms. The average molecular weight is 396 g/mol. The number of nitrogens with one attached hydrogen (secondary N) is 3. The number of carbonyl (C=O) groups excluding carboxylic acids is 1. The third-order valence-corrected chi connectivity index (χ3v) is 5.07. The number of H-pyrrole nitrogens is 2. The summed E-state index contributed by atoms with van der Waals surface area (Å²) in [5.74, 6) is -0.697. The number of fused-ring (bicyclic) bond motifs is 2. The predicted octanol–water partition coefficient (Wildman–Crippen LogP) is 4.10. The van der Waals surface area contributed by atoms with E-state index in [-0.39, 0.29) is 5.56 Å². The van der Waals surface area contributed by atoms with E-state index in [1.165, 1.54) is 7.11 Å². The third-order valence-electron chi connectivity index (χ3n) is 4.76. The van der Waals surface area contributed by atoms with Gasteiger partial charge in [0, 0.05) is 29.0 Å². The van der Waals surface area contributed by atoms with Crippen LogP contribution in [0.5, 0.6) is 0 Å². The van der Waals surface area contributed by atoms with Gasteiger partial charge in [0.25, 0.3) is 5.56 Å². The lowest BCUT2D eigenvalue weighted by Crippen LogP contribution is -2.23. The summed E-state index contributed by atoms with van der Waals surface area (Å²) in [4.78, 5) is 30.7. The van der Waals surface area contributed by atoms with Gasteiger partial charge in [0.1, 0.15) is 5.56 Å². The summed E-state index contributed by atoms with van der Waals surface area (Å²) in [5.41, 5.74) is 2.53. The van der Waals surface area contributed by atoms with Crippen LogP contribution in [0.15, 0.2) is 53.5 Å². The molecule has 3 N–H and O–H groups in total. The molecule has 4 aromatic rings. The van der Waals surface area contributed by atoms with Crippen LogP contribution in [0.4, 0.5) is 5.69 Å². The zero-order valence-electron chi connectivity index (χ0n) is 15.1. The number of rotatable bonds is 5. The summed E-state index contributed by atoms with van der Waals surface area (Å²) in [6.07, 6.45) is 2.68. The van der Waals surface area contributed by atoms with Crippen LogP contribution in [-0.2, 0) is 11.2 Å². The van der Waals surface area contributed by atoms with Gasteiger partial charge in [-0.15, -0.1) is 0 Å². The molecule has 0 atom stereocenters. The average Bonchev–Trinajstić information content (AvgIpc) is 3.11. The van der Waals surface area contributed by atoms with Gasteiger partial charge in [-0.1, -0.05) is 41.9 Å². The molecule has 0 spiro atoms. The smallest absolute Gasteiger partial charge is 0.345 e. The Morgan fingerprint density at radius 3 is 2.75 bits per heavy atom. The minimum Gasteiger partial charge on any atom is -0.465 e. The number of halogens is 1. The number of para-hydroxylation sites is 2. The van der Waals surface area contributed by atoms with Gasteiger partial charge >= 0.3 is 5.97 Å². The summed E-state index contributed by atoms with van der Waals surface area (Å²) >= 11 is 6.23. The van der Waals surface area contributed by atoms with Gasteiger partial charge in [-0.3, -0.25) is 4.79 Å². The molecule has 0 aliphatic heterocycles. The van der Waals surface area contributed by atoms with E-state index < -0.39 is 11.5 Å². The van der Waals surface area contributed by atoms with Crippen LogP contribution in [0.25, 0.3) is 21.8 Å². The molecule has 0 aliphatic carbocycles. The van der Waals surface area contributed by atoms with Crippen molar-refractivity contribution in [2.75, 3.05) is 19.0 Å². The summed E-state index contributed by atoms with van der Waals surface area (Å²) < 4.78 is 4.81. The van der Waals surface area contributed by atoms with E-state index in [9.17, 15) is 9.59 Å².